The lowest BCUT2D eigenvalue weighted by Gasteiger charge is -2.00. The molecular weight excluding hydrogens is 320 g/mol. The first-order valence-electron chi connectivity index (χ1n) is 4.87. The van der Waals surface area contributed by atoms with Gasteiger partial charge < -0.3 is 0 Å². The van der Waals surface area contributed by atoms with Crippen molar-refractivity contribution >= 4 is 43.8 Å². The van der Waals surface area contributed by atoms with Crippen molar-refractivity contribution in [2.45, 2.75) is 4.90 Å². The number of ketones is 1. The number of hydrogen-bond acceptors (Lipinski definition) is 3. The Kier molecular flexibility index (Phi) is 4.25. The average molecular weight is 329 g/mol. The van der Waals surface area contributed by atoms with Crippen LogP contribution < -0.4 is 0 Å². The van der Waals surface area contributed by atoms with Crippen molar-refractivity contribution in [2.75, 3.05) is 5.75 Å². The predicted molar refractivity (Wildman–Crippen MR) is 74.1 cm³/mol. The van der Waals surface area contributed by atoms with E-state index < -0.39 is 10.8 Å². The molecule has 0 radical (unpaired) electrons. The summed E-state index contributed by atoms with van der Waals surface area (Å²) in [6, 6.07) is 10.8. The Labute approximate surface area is 114 Å². The lowest BCUT2D eigenvalue weighted by atomic mass is 10.3. The van der Waals surface area contributed by atoms with Gasteiger partial charge in [0.25, 0.3) is 0 Å². The summed E-state index contributed by atoms with van der Waals surface area (Å²) in [6.07, 6.45) is 0. The van der Waals surface area contributed by atoms with E-state index in [1.54, 1.807) is 18.2 Å². The highest BCUT2D eigenvalue weighted by Gasteiger charge is 2.12. The van der Waals surface area contributed by atoms with Gasteiger partial charge in [-0.1, -0.05) is 22.0 Å². The minimum atomic E-state index is -1.27. The second-order valence-electron chi connectivity index (χ2n) is 3.34. The van der Waals surface area contributed by atoms with Crippen LogP contribution in [0.4, 0.5) is 0 Å². The Balaban J connectivity index is 2.07. The van der Waals surface area contributed by atoms with E-state index in [0.29, 0.717) is 9.77 Å². The zero-order chi connectivity index (χ0) is 12.3. The molecular formula is C12H9BrO2S2. The standard InChI is InChI=1S/C12H9BrO2S2/c13-9-3-5-10(6-4-9)17(15)8-11(14)12-2-1-7-16-12/h1-7H,8H2. The maximum atomic E-state index is 11.9. The molecule has 0 fully saturated rings. The molecule has 5 heteroatoms. The summed E-state index contributed by atoms with van der Waals surface area (Å²) in [6.45, 7) is 0. The first-order valence-corrected chi connectivity index (χ1v) is 7.86. The van der Waals surface area contributed by atoms with Crippen LogP contribution in [0.5, 0.6) is 0 Å². The summed E-state index contributed by atoms with van der Waals surface area (Å²) >= 11 is 4.69. The van der Waals surface area contributed by atoms with Crippen LogP contribution in [-0.4, -0.2) is 15.7 Å². The fraction of sp³-hybridized carbons (Fsp3) is 0.0833. The second kappa shape index (κ2) is 5.71. The third kappa shape index (κ3) is 3.34. The van der Waals surface area contributed by atoms with Gasteiger partial charge in [0.1, 0.15) is 0 Å². The van der Waals surface area contributed by atoms with Gasteiger partial charge in [-0.15, -0.1) is 11.3 Å². The van der Waals surface area contributed by atoms with E-state index in [4.69, 9.17) is 0 Å². The fourth-order valence-electron chi connectivity index (χ4n) is 1.30. The molecule has 0 amide bonds. The number of halogens is 1. The molecule has 0 spiro atoms. The predicted octanol–water partition coefficient (Wildman–Crippen LogP) is 3.50. The molecule has 0 saturated carbocycles. The van der Waals surface area contributed by atoms with Gasteiger partial charge in [-0.3, -0.25) is 9.00 Å². The quantitative estimate of drug-likeness (QED) is 0.805. The summed E-state index contributed by atoms with van der Waals surface area (Å²) in [4.78, 5) is 13.1. The minimum absolute atomic E-state index is 0.0438. The number of benzene rings is 1. The van der Waals surface area contributed by atoms with Gasteiger partial charge >= 0.3 is 0 Å². The van der Waals surface area contributed by atoms with Gasteiger partial charge in [-0.25, -0.2) is 0 Å². The lowest BCUT2D eigenvalue weighted by molar-refractivity contribution is 0.102. The number of thiophene rings is 1. The van der Waals surface area contributed by atoms with Crippen molar-refractivity contribution in [2.24, 2.45) is 0 Å². The van der Waals surface area contributed by atoms with Crippen LogP contribution in [0.25, 0.3) is 0 Å². The van der Waals surface area contributed by atoms with E-state index in [0.717, 1.165) is 4.47 Å². The summed E-state index contributed by atoms with van der Waals surface area (Å²) < 4.78 is 12.9. The van der Waals surface area contributed by atoms with Gasteiger partial charge in [0, 0.05) is 9.37 Å². The molecule has 2 rings (SSSR count). The van der Waals surface area contributed by atoms with E-state index in [1.165, 1.54) is 11.3 Å². The van der Waals surface area contributed by atoms with E-state index >= 15 is 0 Å². The summed E-state index contributed by atoms with van der Waals surface area (Å²) in [5.74, 6) is -0.0245. The molecule has 1 atom stereocenters. The maximum Gasteiger partial charge on any atom is 0.185 e. The Morgan fingerprint density at radius 3 is 2.53 bits per heavy atom. The van der Waals surface area contributed by atoms with Crippen LogP contribution >= 0.6 is 27.3 Å². The summed E-state index contributed by atoms with van der Waals surface area (Å²) in [5.41, 5.74) is 0. The molecule has 0 aliphatic rings. The maximum absolute atomic E-state index is 11.9. The van der Waals surface area contributed by atoms with Gasteiger partial charge in [0.2, 0.25) is 0 Å². The SMILES string of the molecule is O=C(CS(=O)c1ccc(Br)cc1)c1cccs1. The largest absolute Gasteiger partial charge is 0.292 e. The highest BCUT2D eigenvalue weighted by molar-refractivity contribution is 9.10. The van der Waals surface area contributed by atoms with E-state index in [1.807, 2.05) is 23.6 Å². The van der Waals surface area contributed by atoms with E-state index in [9.17, 15) is 9.00 Å². The van der Waals surface area contributed by atoms with E-state index in [-0.39, 0.29) is 11.5 Å². The van der Waals surface area contributed by atoms with Crippen molar-refractivity contribution in [3.05, 3.63) is 51.1 Å². The van der Waals surface area contributed by atoms with Gasteiger partial charge in [0.05, 0.1) is 21.4 Å². The molecule has 2 nitrogen and oxygen atoms in total. The first-order chi connectivity index (χ1) is 8.16. The smallest absolute Gasteiger partial charge is 0.185 e. The van der Waals surface area contributed by atoms with Crippen molar-refractivity contribution in [1.82, 2.24) is 0 Å². The molecule has 17 heavy (non-hydrogen) atoms. The van der Waals surface area contributed by atoms with Crippen molar-refractivity contribution < 1.29 is 9.00 Å². The number of hydrogen-bond donors (Lipinski definition) is 0. The third-order valence-electron chi connectivity index (χ3n) is 2.13. The number of rotatable bonds is 4. The van der Waals surface area contributed by atoms with Crippen molar-refractivity contribution in [3.63, 3.8) is 0 Å². The van der Waals surface area contributed by atoms with Crippen LogP contribution in [0.3, 0.4) is 0 Å². The summed E-state index contributed by atoms with van der Waals surface area (Å²) in [5, 5.41) is 1.84. The van der Waals surface area contributed by atoms with Crippen LogP contribution in [0.1, 0.15) is 9.67 Å². The zero-order valence-corrected chi connectivity index (χ0v) is 12.0. The molecule has 1 unspecified atom stereocenters. The van der Waals surface area contributed by atoms with E-state index in [2.05, 4.69) is 15.9 Å². The van der Waals surface area contributed by atoms with Crippen LogP contribution in [0.2, 0.25) is 0 Å². The molecule has 0 aliphatic heterocycles. The molecule has 0 N–H and O–H groups in total. The second-order valence-corrected chi connectivity index (χ2v) is 6.66. The van der Waals surface area contributed by atoms with Gasteiger partial charge in [-0.05, 0) is 35.7 Å². The number of Topliss-reactive ketones (excluding diaryl/α,β-unsaturated/α-hetero) is 1. The Morgan fingerprint density at radius 2 is 1.94 bits per heavy atom. The molecule has 0 saturated heterocycles. The monoisotopic (exact) mass is 328 g/mol. The molecule has 0 aliphatic carbocycles. The molecule has 1 heterocycles. The Bertz CT molecular complexity index is 532. The van der Waals surface area contributed by atoms with Crippen molar-refractivity contribution in [3.8, 4) is 0 Å². The van der Waals surface area contributed by atoms with Crippen LogP contribution in [0, 0.1) is 0 Å². The highest BCUT2D eigenvalue weighted by atomic mass is 79.9. The summed E-state index contributed by atoms with van der Waals surface area (Å²) in [7, 11) is -1.27. The van der Waals surface area contributed by atoms with Crippen LogP contribution in [0.15, 0.2) is 51.1 Å². The highest BCUT2D eigenvalue weighted by Crippen LogP contribution is 2.15. The molecule has 1 aromatic heterocycles. The Morgan fingerprint density at radius 1 is 1.24 bits per heavy atom. The average Bonchev–Trinajstić information content (AvgIpc) is 2.83. The first kappa shape index (κ1) is 12.7. The number of carbonyl (C=O) groups excluding carboxylic acids is 1. The van der Waals surface area contributed by atoms with Crippen molar-refractivity contribution in [1.29, 1.82) is 0 Å². The normalized spacial score (nSPS) is 12.3. The zero-order valence-electron chi connectivity index (χ0n) is 8.76. The fourth-order valence-corrected chi connectivity index (χ4v) is 3.32. The lowest BCUT2D eigenvalue weighted by Crippen LogP contribution is -2.09. The molecule has 88 valence electrons. The molecule has 2 aromatic rings. The third-order valence-corrected chi connectivity index (χ3v) is 4.90. The topological polar surface area (TPSA) is 34.1 Å². The van der Waals surface area contributed by atoms with Gasteiger partial charge in [-0.2, -0.15) is 0 Å². The number of carbonyl (C=O) groups is 1. The minimum Gasteiger partial charge on any atom is -0.292 e. The van der Waals surface area contributed by atoms with Crippen LogP contribution in [-0.2, 0) is 10.8 Å². The molecule has 0 bridgehead atoms. The molecule has 1 aromatic carbocycles. The Hall–Kier alpha value is -0.780. The van der Waals surface area contributed by atoms with Gasteiger partial charge in [0.15, 0.2) is 5.78 Å².